The molecule has 3 fully saturated rings. The molecule has 402 valence electrons. The largest absolute Gasteiger partial charge is 0.515 e. The van der Waals surface area contributed by atoms with Crippen molar-refractivity contribution in [3.05, 3.63) is 0 Å². The predicted molar refractivity (Wildman–Crippen MR) is 225 cm³/mol. The number of carbonyl (C=O) groups excluding carboxylic acids is 6. The average molecular weight is 1140 g/mol. The van der Waals surface area contributed by atoms with E-state index in [0.29, 0.717) is 19.8 Å². The number of ether oxygens (including phenoxy) is 11. The maximum atomic E-state index is 10.5. The summed E-state index contributed by atoms with van der Waals surface area (Å²) in [6, 6.07) is 0. The quantitative estimate of drug-likeness (QED) is 0.0618. The van der Waals surface area contributed by atoms with E-state index in [1.807, 2.05) is 0 Å². The molecule has 0 aliphatic carbocycles. The second-order valence-corrected chi connectivity index (χ2v) is 15.0. The van der Waals surface area contributed by atoms with Crippen LogP contribution in [0.5, 0.6) is 0 Å². The predicted octanol–water partition coefficient (Wildman–Crippen LogP) is -0.148. The zero-order valence-electron chi connectivity index (χ0n) is 35.3. The average Bonchev–Trinajstić information content (AvgIpc) is 3.64. The Balaban J connectivity index is -0.000000158. The molecule has 3 aliphatic rings. The summed E-state index contributed by atoms with van der Waals surface area (Å²) in [5, 5.41) is 97.6. The number of aliphatic hydroxyl groups excluding tert-OH is 12. The van der Waals surface area contributed by atoms with Crippen LogP contribution in [-0.4, -0.2) is 235 Å². The molecule has 36 heteroatoms. The molecule has 0 aromatic carbocycles. The van der Waals surface area contributed by atoms with Crippen LogP contribution in [0.3, 0.4) is 0 Å². The van der Waals surface area contributed by atoms with Crippen molar-refractivity contribution < 1.29 is 142 Å². The van der Waals surface area contributed by atoms with Crippen LogP contribution in [-0.2, 0) is 52.1 Å². The smallest absolute Gasteiger partial charge is 0.454 e. The van der Waals surface area contributed by atoms with Crippen LogP contribution in [0.2, 0.25) is 0 Å². The molecule has 3 aliphatic heterocycles. The molecule has 1 unspecified atom stereocenters. The van der Waals surface area contributed by atoms with Gasteiger partial charge in [0.15, 0.2) is 6.61 Å². The first-order valence-corrected chi connectivity index (χ1v) is 20.5. The van der Waals surface area contributed by atoms with Gasteiger partial charge in [-0.3, -0.25) is 0 Å². The first-order chi connectivity index (χ1) is 31.0. The van der Waals surface area contributed by atoms with E-state index in [1.54, 1.807) is 20.8 Å². The fraction of sp³-hybridized carbons (Fsp3) is 0.806. The van der Waals surface area contributed by atoms with Crippen molar-refractivity contribution in [2.45, 2.75) is 65.5 Å². The molecule has 0 bridgehead atoms. The molecular formula is C31H55Cl7O29. The molecule has 0 saturated carbocycles. The fourth-order valence-electron chi connectivity index (χ4n) is 1.93. The van der Waals surface area contributed by atoms with E-state index >= 15 is 0 Å². The number of alkyl halides is 6. The van der Waals surface area contributed by atoms with Gasteiger partial charge in [-0.2, -0.15) is 0 Å². The number of cyclic esters (lactones) is 6. The van der Waals surface area contributed by atoms with Gasteiger partial charge in [-0.1, -0.05) is 0 Å². The van der Waals surface area contributed by atoms with Gasteiger partial charge in [0, 0.05) is 11.6 Å². The van der Waals surface area contributed by atoms with E-state index in [-0.39, 0.29) is 72.7 Å². The molecule has 1 atom stereocenters. The minimum atomic E-state index is -2.24. The number of hydrogen-bond acceptors (Lipinski definition) is 29. The minimum Gasteiger partial charge on any atom is -0.454 e. The second-order valence-electron chi connectivity index (χ2n) is 10.4. The fourth-order valence-corrected chi connectivity index (χ4v) is 2.42. The molecule has 0 spiro atoms. The van der Waals surface area contributed by atoms with E-state index in [2.05, 4.69) is 52.1 Å². The van der Waals surface area contributed by atoms with Crippen molar-refractivity contribution in [3.63, 3.8) is 0 Å². The summed E-state index contributed by atoms with van der Waals surface area (Å²) in [6.07, 6.45) is -9.39. The van der Waals surface area contributed by atoms with Gasteiger partial charge in [-0.15, -0.1) is 0 Å². The van der Waals surface area contributed by atoms with Gasteiger partial charge in [-0.25, -0.2) is 28.8 Å². The van der Waals surface area contributed by atoms with E-state index in [0.717, 1.165) is 0 Å². The Bertz CT molecular complexity index is 1130. The standard InChI is InChI=1S/C5H10O3.2C4H6O4.C3Cl6O3.C3H5ClO2.C3H4O4.3C3H8O3/c1-3-7-5(6)8-4-2;2*5-3-1-7-4(6)8-2-3;4-2(5,6)11-1(10)12-3(7,8)9;1-2-6-3(4)5;4-2-1-6-3(5)7-2;3*4-1-3(6)2-5/h3-4H2,1-2H3;2*3,5H,1-2H2;;2H2,1H3;2,4H,1H2;3*3-6H,1-2H2. The monoisotopic (exact) mass is 1140 g/mol. The molecule has 29 nitrogen and oxygen atoms in total. The van der Waals surface area contributed by atoms with Crippen molar-refractivity contribution in [2.75, 3.05) is 92.5 Å². The van der Waals surface area contributed by atoms with Gasteiger partial charge < -0.3 is 113 Å². The molecule has 3 rings (SSSR count). The number of halogens is 7. The third-order valence-corrected chi connectivity index (χ3v) is 5.17. The van der Waals surface area contributed by atoms with Gasteiger partial charge in [0.25, 0.3) is 0 Å². The number of hydrogen-bond donors (Lipinski definition) is 12. The molecule has 67 heavy (non-hydrogen) atoms. The first-order valence-electron chi connectivity index (χ1n) is 17.8. The summed E-state index contributed by atoms with van der Waals surface area (Å²) < 4.78 is 41.8. The molecule has 3 saturated heterocycles. The van der Waals surface area contributed by atoms with E-state index in [4.69, 9.17) is 142 Å². The second kappa shape index (κ2) is 49.8. The summed E-state index contributed by atoms with van der Waals surface area (Å²) in [5.74, 6) is 0. The number of carbonyl (C=O) groups is 6. The molecule has 0 amide bonds. The van der Waals surface area contributed by atoms with Crippen LogP contribution in [0, 0.1) is 0 Å². The highest BCUT2D eigenvalue weighted by Crippen LogP contribution is 2.32. The lowest BCUT2D eigenvalue weighted by atomic mass is 10.4. The summed E-state index contributed by atoms with van der Waals surface area (Å²) >= 11 is 34.9. The molecule has 0 radical (unpaired) electrons. The Morgan fingerprint density at radius 3 is 0.910 bits per heavy atom. The third-order valence-electron chi connectivity index (χ3n) is 4.60. The van der Waals surface area contributed by atoms with Crippen molar-refractivity contribution in [3.8, 4) is 0 Å². The zero-order chi connectivity index (χ0) is 53.6. The Morgan fingerprint density at radius 1 is 0.522 bits per heavy atom. The summed E-state index contributed by atoms with van der Waals surface area (Å²) in [4.78, 5) is 60.3. The van der Waals surface area contributed by atoms with Crippen LogP contribution in [0.4, 0.5) is 28.8 Å². The molecular weight excluding hydrogens is 1080 g/mol. The molecule has 0 aromatic rings. The van der Waals surface area contributed by atoms with E-state index in [1.165, 1.54) is 0 Å². The first kappa shape index (κ1) is 75.9. The van der Waals surface area contributed by atoms with Crippen LogP contribution >= 0.6 is 81.2 Å². The van der Waals surface area contributed by atoms with Crippen molar-refractivity contribution >= 4 is 117 Å². The Morgan fingerprint density at radius 2 is 0.791 bits per heavy atom. The Labute approximate surface area is 416 Å². The Kier molecular flexibility index (Phi) is 56.4. The Hall–Kier alpha value is -2.63. The summed E-state index contributed by atoms with van der Waals surface area (Å²) in [7, 11) is 0. The molecule has 0 aromatic heterocycles. The van der Waals surface area contributed by atoms with E-state index < -0.39 is 81.0 Å². The van der Waals surface area contributed by atoms with Crippen molar-refractivity contribution in [1.29, 1.82) is 0 Å². The van der Waals surface area contributed by atoms with Crippen LogP contribution < -0.4 is 0 Å². The van der Waals surface area contributed by atoms with Crippen LogP contribution in [0.25, 0.3) is 0 Å². The van der Waals surface area contributed by atoms with Crippen molar-refractivity contribution in [2.24, 2.45) is 0 Å². The van der Waals surface area contributed by atoms with Gasteiger partial charge in [-0.05, 0) is 90.4 Å². The highest BCUT2D eigenvalue weighted by Gasteiger charge is 2.32. The molecule has 3 heterocycles. The normalized spacial score (nSPS) is 14.9. The van der Waals surface area contributed by atoms with Gasteiger partial charge >= 0.3 is 44.2 Å². The van der Waals surface area contributed by atoms with Gasteiger partial charge in [0.1, 0.15) is 56.9 Å². The topological polar surface area (TPSA) is 447 Å². The van der Waals surface area contributed by atoms with Crippen LogP contribution in [0.15, 0.2) is 0 Å². The zero-order valence-corrected chi connectivity index (χ0v) is 40.6. The third kappa shape index (κ3) is 72.5. The maximum Gasteiger partial charge on any atom is 0.515 e. The lowest BCUT2D eigenvalue weighted by Crippen LogP contribution is -2.31. The highest BCUT2D eigenvalue weighted by atomic mass is 35.6. The van der Waals surface area contributed by atoms with Gasteiger partial charge in [0.2, 0.25) is 6.29 Å². The lowest BCUT2D eigenvalue weighted by Gasteiger charge is -2.16. The number of rotatable bonds is 9. The van der Waals surface area contributed by atoms with Crippen molar-refractivity contribution in [1.82, 2.24) is 0 Å². The summed E-state index contributed by atoms with van der Waals surface area (Å²) in [5.41, 5.74) is -0.738. The lowest BCUT2D eigenvalue weighted by molar-refractivity contribution is -0.0524. The maximum absolute atomic E-state index is 10.5. The minimum absolute atomic E-state index is 0.0428. The highest BCUT2D eigenvalue weighted by molar-refractivity contribution is 6.67. The summed E-state index contributed by atoms with van der Waals surface area (Å²) in [6.45, 7) is 4.25. The van der Waals surface area contributed by atoms with E-state index in [9.17, 15) is 28.8 Å². The van der Waals surface area contributed by atoms with Crippen LogP contribution in [0.1, 0.15) is 20.8 Å². The number of aliphatic hydroxyl groups is 12. The van der Waals surface area contributed by atoms with Gasteiger partial charge in [0.05, 0.1) is 59.5 Å². The SMILES string of the molecule is CCOC(=O)Cl.CCOC(=O)OCC.O=C(OC(Cl)(Cl)Cl)OC(Cl)(Cl)Cl.O=C1OCC(O)CO1.O=C1OCC(O)CO1.O=C1OCC(O)O1.OCC(O)CO.OCC(O)CO.OCC(O)CO. The molecule has 12 N–H and O–H groups in total.